The lowest BCUT2D eigenvalue weighted by atomic mass is 10.2. The highest BCUT2D eigenvalue weighted by molar-refractivity contribution is 6.43. The summed E-state index contributed by atoms with van der Waals surface area (Å²) in [6.45, 7) is 1.93. The number of methoxy groups -OCH3 is 1. The second kappa shape index (κ2) is 5.41. The Morgan fingerprint density at radius 1 is 1.38 bits per heavy atom. The van der Waals surface area contributed by atoms with Crippen LogP contribution in [-0.4, -0.2) is 25.0 Å². The minimum atomic E-state index is -0.0250. The summed E-state index contributed by atoms with van der Waals surface area (Å²) in [7, 11) is 3.23. The van der Waals surface area contributed by atoms with Gasteiger partial charge in [-0.15, -0.1) is 0 Å². The van der Waals surface area contributed by atoms with E-state index in [1.165, 1.54) is 14.0 Å². The number of carbonyl (C=O) groups excluding carboxylic acids is 1. The Morgan fingerprint density at radius 2 is 2.00 bits per heavy atom. The lowest BCUT2D eigenvalue weighted by Gasteiger charge is -2.17. The molecule has 1 rings (SSSR count). The molecule has 0 heterocycles. The van der Waals surface area contributed by atoms with Gasteiger partial charge in [-0.3, -0.25) is 4.79 Å². The van der Waals surface area contributed by atoms with E-state index in [1.54, 1.807) is 24.1 Å². The summed E-state index contributed by atoms with van der Waals surface area (Å²) in [6, 6.07) is 3.53. The fourth-order valence-electron chi connectivity index (χ4n) is 1.22. The number of benzene rings is 1. The van der Waals surface area contributed by atoms with E-state index in [4.69, 9.17) is 27.9 Å². The van der Waals surface area contributed by atoms with Crippen LogP contribution in [0.15, 0.2) is 12.1 Å². The Labute approximate surface area is 105 Å². The Hall–Kier alpha value is -0.930. The predicted molar refractivity (Wildman–Crippen MR) is 65.2 cm³/mol. The Balaban J connectivity index is 2.99. The van der Waals surface area contributed by atoms with Gasteiger partial charge in [-0.2, -0.15) is 0 Å². The van der Waals surface area contributed by atoms with E-state index in [0.717, 1.165) is 5.56 Å². The molecule has 0 aromatic heterocycles. The average molecular weight is 262 g/mol. The third-order valence-corrected chi connectivity index (χ3v) is 3.20. The molecule has 0 saturated carbocycles. The van der Waals surface area contributed by atoms with Crippen LogP contribution in [-0.2, 0) is 11.3 Å². The number of hydrogen-bond donors (Lipinski definition) is 0. The minimum Gasteiger partial charge on any atom is -0.495 e. The highest BCUT2D eigenvalue weighted by Crippen LogP contribution is 2.34. The fourth-order valence-corrected chi connectivity index (χ4v) is 1.70. The summed E-state index contributed by atoms with van der Waals surface area (Å²) < 4.78 is 5.04. The third kappa shape index (κ3) is 2.80. The van der Waals surface area contributed by atoms with E-state index in [1.807, 2.05) is 0 Å². The maximum Gasteiger partial charge on any atom is 0.219 e. The second-order valence-corrected chi connectivity index (χ2v) is 4.19. The van der Waals surface area contributed by atoms with Gasteiger partial charge in [0.05, 0.1) is 12.1 Å². The number of rotatable bonds is 3. The molecule has 0 aliphatic rings. The van der Waals surface area contributed by atoms with Gasteiger partial charge in [-0.05, 0) is 11.6 Å². The highest BCUT2D eigenvalue weighted by atomic mass is 35.5. The lowest BCUT2D eigenvalue weighted by Crippen LogP contribution is -2.23. The maximum atomic E-state index is 11.1. The number of hydrogen-bond acceptors (Lipinski definition) is 2. The van der Waals surface area contributed by atoms with Crippen molar-refractivity contribution in [3.63, 3.8) is 0 Å². The Bertz CT molecular complexity index is 407. The smallest absolute Gasteiger partial charge is 0.219 e. The van der Waals surface area contributed by atoms with Crippen molar-refractivity contribution in [3.8, 4) is 5.75 Å². The molecule has 0 spiro atoms. The first kappa shape index (κ1) is 13.1. The second-order valence-electron chi connectivity index (χ2n) is 3.43. The first-order valence-electron chi connectivity index (χ1n) is 4.70. The normalized spacial score (nSPS) is 10.1. The van der Waals surface area contributed by atoms with Crippen molar-refractivity contribution in [2.45, 2.75) is 13.5 Å². The van der Waals surface area contributed by atoms with Crippen molar-refractivity contribution in [1.29, 1.82) is 0 Å². The summed E-state index contributed by atoms with van der Waals surface area (Å²) in [5.74, 6) is 0.504. The Morgan fingerprint density at radius 3 is 2.50 bits per heavy atom. The first-order valence-corrected chi connectivity index (χ1v) is 5.45. The molecule has 16 heavy (non-hydrogen) atoms. The van der Waals surface area contributed by atoms with Gasteiger partial charge in [0.15, 0.2) is 0 Å². The van der Waals surface area contributed by atoms with Crippen LogP contribution in [0.1, 0.15) is 12.5 Å². The summed E-state index contributed by atoms with van der Waals surface area (Å²) >= 11 is 12.1. The quantitative estimate of drug-likeness (QED) is 0.838. The van der Waals surface area contributed by atoms with Gasteiger partial charge < -0.3 is 9.64 Å². The van der Waals surface area contributed by atoms with Crippen LogP contribution in [0.2, 0.25) is 10.0 Å². The van der Waals surface area contributed by atoms with Crippen LogP contribution >= 0.6 is 23.2 Å². The van der Waals surface area contributed by atoms with Gasteiger partial charge in [0.1, 0.15) is 10.8 Å². The summed E-state index contributed by atoms with van der Waals surface area (Å²) in [5, 5.41) is 0.799. The van der Waals surface area contributed by atoms with Gasteiger partial charge in [0, 0.05) is 20.5 Å². The van der Waals surface area contributed by atoms with Crippen LogP contribution in [0.3, 0.4) is 0 Å². The topological polar surface area (TPSA) is 29.5 Å². The first-order chi connectivity index (χ1) is 7.47. The van der Waals surface area contributed by atoms with Crippen molar-refractivity contribution in [2.75, 3.05) is 14.2 Å². The zero-order valence-corrected chi connectivity index (χ0v) is 10.9. The molecule has 1 aromatic carbocycles. The van der Waals surface area contributed by atoms with E-state index in [2.05, 4.69) is 0 Å². The van der Waals surface area contributed by atoms with Crippen LogP contribution in [0, 0.1) is 0 Å². The molecule has 0 saturated heterocycles. The molecule has 0 atom stereocenters. The van der Waals surface area contributed by atoms with Crippen LogP contribution in [0.4, 0.5) is 0 Å². The minimum absolute atomic E-state index is 0.0250. The van der Waals surface area contributed by atoms with Gasteiger partial charge >= 0.3 is 0 Å². The molecule has 5 heteroatoms. The molecule has 0 fully saturated rings. The molecule has 3 nitrogen and oxygen atoms in total. The van der Waals surface area contributed by atoms with Gasteiger partial charge in [-0.1, -0.05) is 29.3 Å². The maximum absolute atomic E-state index is 11.1. The van der Waals surface area contributed by atoms with Gasteiger partial charge in [-0.25, -0.2) is 0 Å². The van der Waals surface area contributed by atoms with Crippen LogP contribution in [0.25, 0.3) is 0 Å². The predicted octanol–water partition coefficient (Wildman–Crippen LogP) is 2.98. The summed E-state index contributed by atoms with van der Waals surface area (Å²) in [5.41, 5.74) is 0.796. The third-order valence-electron chi connectivity index (χ3n) is 2.29. The molecule has 0 N–H and O–H groups in total. The van der Waals surface area contributed by atoms with Crippen molar-refractivity contribution >= 4 is 29.1 Å². The van der Waals surface area contributed by atoms with E-state index >= 15 is 0 Å². The number of amides is 1. The number of ether oxygens (including phenoxy) is 1. The molecule has 1 aromatic rings. The summed E-state index contributed by atoms with van der Waals surface area (Å²) in [6.07, 6.45) is 0. The lowest BCUT2D eigenvalue weighted by molar-refractivity contribution is -0.128. The van der Waals surface area contributed by atoms with Gasteiger partial charge in [0.2, 0.25) is 5.91 Å². The highest BCUT2D eigenvalue weighted by Gasteiger charge is 2.12. The van der Waals surface area contributed by atoms with Crippen LogP contribution < -0.4 is 4.74 Å². The van der Waals surface area contributed by atoms with Crippen molar-refractivity contribution in [1.82, 2.24) is 4.90 Å². The van der Waals surface area contributed by atoms with Crippen molar-refractivity contribution in [2.24, 2.45) is 0 Å². The number of nitrogens with zero attached hydrogens (tertiary/aromatic N) is 1. The zero-order chi connectivity index (χ0) is 12.3. The molecule has 88 valence electrons. The van der Waals surface area contributed by atoms with Crippen LogP contribution in [0.5, 0.6) is 5.75 Å². The van der Waals surface area contributed by atoms with E-state index in [0.29, 0.717) is 22.3 Å². The molecule has 0 radical (unpaired) electrons. The standard InChI is InChI=1S/C11H13Cl2NO2/c1-7(15)14(2)6-8-4-5-9(16-3)11(13)10(8)12/h4-5H,6H2,1-3H3. The Kier molecular flexibility index (Phi) is 4.44. The molecular weight excluding hydrogens is 249 g/mol. The van der Waals surface area contributed by atoms with E-state index < -0.39 is 0 Å². The zero-order valence-electron chi connectivity index (χ0n) is 9.38. The fraction of sp³-hybridized carbons (Fsp3) is 0.364. The van der Waals surface area contributed by atoms with Gasteiger partial charge in [0.25, 0.3) is 0 Å². The van der Waals surface area contributed by atoms with Crippen molar-refractivity contribution < 1.29 is 9.53 Å². The largest absolute Gasteiger partial charge is 0.495 e. The van der Waals surface area contributed by atoms with E-state index in [-0.39, 0.29) is 5.91 Å². The van der Waals surface area contributed by atoms with Crippen molar-refractivity contribution in [3.05, 3.63) is 27.7 Å². The SMILES string of the molecule is COc1ccc(CN(C)C(C)=O)c(Cl)c1Cl. The van der Waals surface area contributed by atoms with E-state index in [9.17, 15) is 4.79 Å². The average Bonchev–Trinajstić information content (AvgIpc) is 2.25. The summed E-state index contributed by atoms with van der Waals surface area (Å²) in [4.78, 5) is 12.7. The molecule has 0 aliphatic carbocycles. The number of halogens is 2. The number of carbonyl (C=O) groups is 1. The molecule has 1 amide bonds. The molecular formula is C11H13Cl2NO2. The monoisotopic (exact) mass is 261 g/mol. The molecule has 0 aliphatic heterocycles. The molecule has 0 unspecified atom stereocenters. The molecule has 0 bridgehead atoms.